The zero-order valence-electron chi connectivity index (χ0n) is 15.7. The smallest absolute Gasteiger partial charge is 0.312 e. The highest BCUT2D eigenvalue weighted by atomic mass is 16.6. The highest BCUT2D eigenvalue weighted by Gasteiger charge is 2.33. The Bertz CT molecular complexity index is 381. The molecule has 0 rings (SSSR count). The van der Waals surface area contributed by atoms with Crippen LogP contribution in [0.5, 0.6) is 0 Å². The predicted octanol–water partition coefficient (Wildman–Crippen LogP) is 4.50. The Kier molecular flexibility index (Phi) is 7.60. The van der Waals surface area contributed by atoms with Gasteiger partial charge in [-0.3, -0.25) is 9.59 Å². The lowest BCUT2D eigenvalue weighted by Crippen LogP contribution is -2.35. The Morgan fingerprint density at radius 1 is 0.818 bits per heavy atom. The molecule has 0 amide bonds. The second kappa shape index (κ2) is 7.98. The highest BCUT2D eigenvalue weighted by Crippen LogP contribution is 2.27. The van der Waals surface area contributed by atoms with Gasteiger partial charge in [-0.05, 0) is 67.2 Å². The van der Waals surface area contributed by atoms with E-state index in [1.54, 1.807) is 0 Å². The topological polar surface area (TPSA) is 52.6 Å². The van der Waals surface area contributed by atoms with Crippen LogP contribution in [0.15, 0.2) is 0 Å². The molecular formula is C18H34O4. The van der Waals surface area contributed by atoms with E-state index in [1.807, 2.05) is 55.4 Å². The van der Waals surface area contributed by atoms with Gasteiger partial charge < -0.3 is 9.47 Å². The lowest BCUT2D eigenvalue weighted by Gasteiger charge is -2.30. The predicted molar refractivity (Wildman–Crippen MR) is 88.5 cm³/mol. The maximum Gasteiger partial charge on any atom is 0.312 e. The monoisotopic (exact) mass is 314 g/mol. The zero-order valence-corrected chi connectivity index (χ0v) is 15.7. The van der Waals surface area contributed by atoms with Crippen LogP contribution in [0.2, 0.25) is 0 Å². The van der Waals surface area contributed by atoms with Crippen molar-refractivity contribution in [2.75, 3.05) is 6.61 Å². The SMILES string of the molecule is CCC(C)(C)C(=O)OCCCC(C)(C)OC(=O)C(C)(C)CC. The quantitative estimate of drug-likeness (QED) is 0.464. The van der Waals surface area contributed by atoms with Crippen molar-refractivity contribution in [1.82, 2.24) is 0 Å². The van der Waals surface area contributed by atoms with Crippen molar-refractivity contribution in [2.45, 2.75) is 86.7 Å². The van der Waals surface area contributed by atoms with E-state index in [0.29, 0.717) is 19.4 Å². The minimum atomic E-state index is -0.545. The first-order valence-electron chi connectivity index (χ1n) is 8.28. The lowest BCUT2D eigenvalue weighted by atomic mass is 9.90. The van der Waals surface area contributed by atoms with Crippen LogP contribution >= 0.6 is 0 Å². The molecule has 0 aromatic rings. The Balaban J connectivity index is 4.25. The molecule has 0 N–H and O–H groups in total. The second-order valence-electron chi connectivity index (χ2n) is 7.86. The molecule has 0 aliphatic carbocycles. The third-order valence-corrected chi connectivity index (χ3v) is 4.40. The summed E-state index contributed by atoms with van der Waals surface area (Å²) in [6.45, 7) is 15.6. The van der Waals surface area contributed by atoms with Gasteiger partial charge in [-0.15, -0.1) is 0 Å². The van der Waals surface area contributed by atoms with Gasteiger partial charge in [0.25, 0.3) is 0 Å². The Labute approximate surface area is 135 Å². The standard InChI is InChI=1S/C18H34O4/c1-9-16(3,4)14(19)21-13-11-12-18(7,8)22-15(20)17(5,6)10-2/h9-13H2,1-8H3. The molecular weight excluding hydrogens is 280 g/mol. The van der Waals surface area contributed by atoms with Crippen LogP contribution in [0.1, 0.15) is 81.1 Å². The molecule has 0 heterocycles. The van der Waals surface area contributed by atoms with Gasteiger partial charge in [-0.25, -0.2) is 0 Å². The van der Waals surface area contributed by atoms with Gasteiger partial charge in [-0.2, -0.15) is 0 Å². The molecule has 0 aliphatic rings. The normalized spacial score (nSPS) is 12.9. The summed E-state index contributed by atoms with van der Waals surface area (Å²) in [5.41, 5.74) is -1.45. The van der Waals surface area contributed by atoms with Gasteiger partial charge in [0, 0.05) is 0 Å². The van der Waals surface area contributed by atoms with E-state index in [9.17, 15) is 9.59 Å². The van der Waals surface area contributed by atoms with E-state index in [-0.39, 0.29) is 11.9 Å². The van der Waals surface area contributed by atoms with E-state index in [2.05, 4.69) is 0 Å². The molecule has 0 saturated carbocycles. The molecule has 0 radical (unpaired) electrons. The molecule has 0 aromatic carbocycles. The minimum Gasteiger partial charge on any atom is -0.465 e. The first kappa shape index (κ1) is 20.9. The van der Waals surface area contributed by atoms with Crippen molar-refractivity contribution in [3.05, 3.63) is 0 Å². The molecule has 4 heteroatoms. The van der Waals surface area contributed by atoms with Crippen molar-refractivity contribution in [2.24, 2.45) is 10.8 Å². The number of ether oxygens (including phenoxy) is 2. The lowest BCUT2D eigenvalue weighted by molar-refractivity contribution is -0.169. The van der Waals surface area contributed by atoms with Crippen molar-refractivity contribution in [3.63, 3.8) is 0 Å². The average Bonchev–Trinajstić information content (AvgIpc) is 2.42. The molecule has 4 nitrogen and oxygen atoms in total. The largest absolute Gasteiger partial charge is 0.465 e. The van der Waals surface area contributed by atoms with E-state index < -0.39 is 16.4 Å². The van der Waals surface area contributed by atoms with E-state index >= 15 is 0 Å². The Morgan fingerprint density at radius 2 is 1.27 bits per heavy atom. The molecule has 130 valence electrons. The number of carbonyl (C=O) groups excluding carboxylic acids is 2. The third-order valence-electron chi connectivity index (χ3n) is 4.40. The highest BCUT2D eigenvalue weighted by molar-refractivity contribution is 5.76. The second-order valence-corrected chi connectivity index (χ2v) is 7.86. The number of hydrogen-bond donors (Lipinski definition) is 0. The Hall–Kier alpha value is -1.06. The molecule has 0 fully saturated rings. The fraction of sp³-hybridized carbons (Fsp3) is 0.889. The van der Waals surface area contributed by atoms with Gasteiger partial charge in [0.2, 0.25) is 0 Å². The Morgan fingerprint density at radius 3 is 1.73 bits per heavy atom. The summed E-state index contributed by atoms with van der Waals surface area (Å²) in [7, 11) is 0. The van der Waals surface area contributed by atoms with Crippen LogP contribution < -0.4 is 0 Å². The molecule has 0 saturated heterocycles. The van der Waals surface area contributed by atoms with E-state index in [4.69, 9.17) is 9.47 Å². The molecule has 0 unspecified atom stereocenters. The van der Waals surface area contributed by atoms with Crippen molar-refractivity contribution < 1.29 is 19.1 Å². The maximum absolute atomic E-state index is 12.1. The van der Waals surface area contributed by atoms with Crippen molar-refractivity contribution in [1.29, 1.82) is 0 Å². The molecule has 22 heavy (non-hydrogen) atoms. The number of hydrogen-bond acceptors (Lipinski definition) is 4. The minimum absolute atomic E-state index is 0.170. The molecule has 0 aromatic heterocycles. The summed E-state index contributed by atoms with van der Waals surface area (Å²) in [5.74, 6) is -0.346. The summed E-state index contributed by atoms with van der Waals surface area (Å²) >= 11 is 0. The zero-order chi connectivity index (χ0) is 17.6. The molecule has 0 atom stereocenters. The summed E-state index contributed by atoms with van der Waals surface area (Å²) in [4.78, 5) is 24.0. The van der Waals surface area contributed by atoms with Gasteiger partial charge in [0.1, 0.15) is 5.60 Å². The molecule has 0 aliphatic heterocycles. The summed E-state index contributed by atoms with van der Waals surface area (Å²) in [5, 5.41) is 0. The molecule has 0 bridgehead atoms. The summed E-state index contributed by atoms with van der Waals surface area (Å²) in [6, 6.07) is 0. The first-order chi connectivity index (χ1) is 9.88. The van der Waals surface area contributed by atoms with Crippen LogP contribution in [-0.4, -0.2) is 24.1 Å². The summed E-state index contributed by atoms with van der Waals surface area (Å²) < 4.78 is 10.9. The van der Waals surface area contributed by atoms with Gasteiger partial charge in [0.15, 0.2) is 0 Å². The van der Waals surface area contributed by atoms with Gasteiger partial charge in [-0.1, -0.05) is 13.8 Å². The third kappa shape index (κ3) is 6.80. The summed E-state index contributed by atoms with van der Waals surface area (Å²) in [6.07, 6.45) is 2.84. The van der Waals surface area contributed by atoms with Crippen LogP contribution in [-0.2, 0) is 19.1 Å². The van der Waals surface area contributed by atoms with Crippen LogP contribution in [0, 0.1) is 10.8 Å². The van der Waals surface area contributed by atoms with Crippen LogP contribution in [0.4, 0.5) is 0 Å². The average molecular weight is 314 g/mol. The van der Waals surface area contributed by atoms with Gasteiger partial charge >= 0.3 is 11.9 Å². The fourth-order valence-electron chi connectivity index (χ4n) is 1.59. The number of carbonyl (C=O) groups is 2. The molecule has 0 spiro atoms. The van der Waals surface area contributed by atoms with Crippen molar-refractivity contribution in [3.8, 4) is 0 Å². The van der Waals surface area contributed by atoms with Gasteiger partial charge in [0.05, 0.1) is 17.4 Å². The number of rotatable bonds is 9. The van der Waals surface area contributed by atoms with E-state index in [1.165, 1.54) is 0 Å². The fourth-order valence-corrected chi connectivity index (χ4v) is 1.59. The van der Waals surface area contributed by atoms with Crippen molar-refractivity contribution >= 4 is 11.9 Å². The first-order valence-corrected chi connectivity index (χ1v) is 8.28. The van der Waals surface area contributed by atoms with Crippen LogP contribution in [0.25, 0.3) is 0 Å². The number of esters is 2. The van der Waals surface area contributed by atoms with Crippen LogP contribution in [0.3, 0.4) is 0 Å². The van der Waals surface area contributed by atoms with E-state index in [0.717, 1.165) is 12.8 Å². The maximum atomic E-state index is 12.1.